The highest BCUT2D eigenvalue weighted by Gasteiger charge is 2.21. The first-order valence-electron chi connectivity index (χ1n) is 7.35. The first-order valence-corrected chi connectivity index (χ1v) is 7.35. The highest BCUT2D eigenvalue weighted by atomic mass is 16.5. The average Bonchev–Trinajstić information content (AvgIpc) is 2.81. The number of carbonyl (C=O) groups is 1. The van der Waals surface area contributed by atoms with Crippen molar-refractivity contribution in [3.8, 4) is 0 Å². The van der Waals surface area contributed by atoms with Crippen molar-refractivity contribution < 1.29 is 14.1 Å². The third kappa shape index (κ3) is 5.35. The minimum absolute atomic E-state index is 0.0299. The van der Waals surface area contributed by atoms with Crippen molar-refractivity contribution in [2.75, 3.05) is 38.1 Å². The van der Waals surface area contributed by atoms with Crippen LogP contribution in [-0.2, 0) is 4.74 Å². The van der Waals surface area contributed by atoms with Crippen molar-refractivity contribution in [2.24, 2.45) is 5.92 Å². The van der Waals surface area contributed by atoms with Gasteiger partial charge in [-0.05, 0) is 12.8 Å². The molecule has 7 nitrogen and oxygen atoms in total. The van der Waals surface area contributed by atoms with Gasteiger partial charge in [-0.3, -0.25) is 10.2 Å². The maximum absolute atomic E-state index is 11.8. The van der Waals surface area contributed by atoms with E-state index in [1.165, 1.54) is 0 Å². The second kappa shape index (κ2) is 7.42. The normalized spacial score (nSPS) is 19.7. The van der Waals surface area contributed by atoms with Crippen molar-refractivity contribution in [3.05, 3.63) is 11.8 Å². The summed E-state index contributed by atoms with van der Waals surface area (Å²) in [7, 11) is 0. The van der Waals surface area contributed by atoms with Gasteiger partial charge in [0.25, 0.3) is 0 Å². The van der Waals surface area contributed by atoms with Crippen LogP contribution in [0, 0.1) is 12.8 Å². The first kappa shape index (κ1) is 15.8. The third-order valence-corrected chi connectivity index (χ3v) is 3.21. The molecule has 21 heavy (non-hydrogen) atoms. The molecule has 2 N–H and O–H groups in total. The van der Waals surface area contributed by atoms with Gasteiger partial charge in [0.15, 0.2) is 5.82 Å². The molecule has 1 unspecified atom stereocenters. The third-order valence-electron chi connectivity index (χ3n) is 3.21. The molecular weight excluding hydrogens is 272 g/mol. The number of nitrogens with zero attached hydrogens (tertiary/aromatic N) is 2. The van der Waals surface area contributed by atoms with Crippen LogP contribution >= 0.6 is 0 Å². The molecule has 1 atom stereocenters. The Bertz CT molecular complexity index is 461. The molecule has 1 aromatic heterocycles. The minimum Gasteiger partial charge on any atom is -0.374 e. The number of hydrogen-bond acceptors (Lipinski definition) is 5. The molecule has 1 aliphatic heterocycles. The molecule has 0 bridgehead atoms. The Balaban J connectivity index is 1.70. The Kier molecular flexibility index (Phi) is 5.58. The van der Waals surface area contributed by atoms with E-state index in [0.29, 0.717) is 30.6 Å². The van der Waals surface area contributed by atoms with E-state index in [1.807, 2.05) is 0 Å². The van der Waals surface area contributed by atoms with Gasteiger partial charge in [-0.25, -0.2) is 4.79 Å². The molecule has 118 valence electrons. The van der Waals surface area contributed by atoms with Crippen LogP contribution < -0.4 is 10.6 Å². The smallest absolute Gasteiger partial charge is 0.320 e. The van der Waals surface area contributed by atoms with Crippen molar-refractivity contribution in [3.63, 3.8) is 0 Å². The number of rotatable bonds is 5. The number of aryl methyl sites for hydroxylation is 1. The molecular formula is C14H24N4O3. The maximum atomic E-state index is 11.8. The van der Waals surface area contributed by atoms with Gasteiger partial charge >= 0.3 is 6.03 Å². The zero-order valence-corrected chi connectivity index (χ0v) is 12.9. The molecule has 1 aromatic rings. The summed E-state index contributed by atoms with van der Waals surface area (Å²) < 4.78 is 10.6. The topological polar surface area (TPSA) is 79.6 Å². The molecule has 7 heteroatoms. The molecule has 2 rings (SSSR count). The fraction of sp³-hybridized carbons (Fsp3) is 0.714. The van der Waals surface area contributed by atoms with Crippen LogP contribution in [0.15, 0.2) is 10.6 Å². The number of aromatic nitrogens is 1. The molecule has 0 aromatic carbocycles. The predicted octanol–water partition coefficient (Wildman–Crippen LogP) is 1.46. The number of amides is 2. The van der Waals surface area contributed by atoms with Crippen LogP contribution in [0.5, 0.6) is 0 Å². The zero-order chi connectivity index (χ0) is 15.2. The van der Waals surface area contributed by atoms with E-state index in [9.17, 15) is 4.79 Å². The van der Waals surface area contributed by atoms with Crippen molar-refractivity contribution in [1.82, 2.24) is 15.4 Å². The molecule has 2 amide bonds. The van der Waals surface area contributed by atoms with Gasteiger partial charge < -0.3 is 14.6 Å². The SMILES string of the molecule is Cc1cc(NC(=O)NCC2CN(CC(C)C)CCO2)no1. The van der Waals surface area contributed by atoms with E-state index in [-0.39, 0.29) is 12.1 Å². The van der Waals surface area contributed by atoms with E-state index in [2.05, 4.69) is 34.5 Å². The maximum Gasteiger partial charge on any atom is 0.320 e. The number of nitrogens with one attached hydrogen (secondary N) is 2. The lowest BCUT2D eigenvalue weighted by Gasteiger charge is -2.33. The van der Waals surface area contributed by atoms with Gasteiger partial charge in [0, 0.05) is 32.2 Å². The fourth-order valence-corrected chi connectivity index (χ4v) is 2.38. The summed E-state index contributed by atoms with van der Waals surface area (Å²) in [6, 6.07) is 1.37. The lowest BCUT2D eigenvalue weighted by Crippen LogP contribution is -2.48. The molecule has 0 aliphatic carbocycles. The van der Waals surface area contributed by atoms with E-state index >= 15 is 0 Å². The Hall–Kier alpha value is -1.60. The molecule has 1 saturated heterocycles. The molecule has 2 heterocycles. The number of urea groups is 1. The summed E-state index contributed by atoms with van der Waals surface area (Å²) in [6.45, 7) is 10.2. The van der Waals surface area contributed by atoms with Gasteiger partial charge in [0.05, 0.1) is 12.7 Å². The second-order valence-electron chi connectivity index (χ2n) is 5.80. The Labute approximate surface area is 125 Å². The highest BCUT2D eigenvalue weighted by molar-refractivity contribution is 5.88. The monoisotopic (exact) mass is 296 g/mol. The first-order chi connectivity index (χ1) is 10.0. The lowest BCUT2D eigenvalue weighted by molar-refractivity contribution is -0.0288. The van der Waals surface area contributed by atoms with Gasteiger partial charge in [-0.15, -0.1) is 0 Å². The van der Waals surface area contributed by atoms with Crippen LogP contribution in [0.3, 0.4) is 0 Å². The number of carbonyl (C=O) groups excluding carboxylic acids is 1. The fourth-order valence-electron chi connectivity index (χ4n) is 2.38. The lowest BCUT2D eigenvalue weighted by atomic mass is 10.2. The molecule has 0 spiro atoms. The number of ether oxygens (including phenoxy) is 1. The Morgan fingerprint density at radius 1 is 1.57 bits per heavy atom. The minimum atomic E-state index is -0.298. The number of anilines is 1. The summed E-state index contributed by atoms with van der Waals surface area (Å²) in [6.07, 6.45) is 0.0299. The molecule has 1 aliphatic rings. The van der Waals surface area contributed by atoms with Gasteiger partial charge in [-0.1, -0.05) is 19.0 Å². The summed E-state index contributed by atoms with van der Waals surface area (Å²) in [5.41, 5.74) is 0. The molecule has 0 radical (unpaired) electrons. The standard InChI is InChI=1S/C14H24N4O3/c1-10(2)8-18-4-5-20-12(9-18)7-15-14(19)16-13-6-11(3)21-17-13/h6,10,12H,4-5,7-9H2,1-3H3,(H2,15,16,17,19). The summed E-state index contributed by atoms with van der Waals surface area (Å²) in [5, 5.41) is 9.13. The van der Waals surface area contributed by atoms with Crippen LogP contribution in [0.25, 0.3) is 0 Å². The summed E-state index contributed by atoms with van der Waals surface area (Å²) in [5.74, 6) is 1.71. The molecule has 1 fully saturated rings. The van der Waals surface area contributed by atoms with E-state index in [0.717, 1.165) is 19.6 Å². The summed E-state index contributed by atoms with van der Waals surface area (Å²) in [4.78, 5) is 14.1. The largest absolute Gasteiger partial charge is 0.374 e. The zero-order valence-electron chi connectivity index (χ0n) is 12.9. The average molecular weight is 296 g/mol. The van der Waals surface area contributed by atoms with Crippen molar-refractivity contribution in [2.45, 2.75) is 26.9 Å². The van der Waals surface area contributed by atoms with E-state index in [1.54, 1.807) is 13.0 Å². The highest BCUT2D eigenvalue weighted by Crippen LogP contribution is 2.08. The Morgan fingerprint density at radius 2 is 2.38 bits per heavy atom. The van der Waals surface area contributed by atoms with Gasteiger partial charge in [-0.2, -0.15) is 0 Å². The quantitative estimate of drug-likeness (QED) is 0.860. The van der Waals surface area contributed by atoms with Gasteiger partial charge in [0.1, 0.15) is 5.76 Å². The van der Waals surface area contributed by atoms with Crippen molar-refractivity contribution >= 4 is 11.8 Å². The van der Waals surface area contributed by atoms with Gasteiger partial charge in [0.2, 0.25) is 0 Å². The molecule has 0 saturated carbocycles. The predicted molar refractivity (Wildman–Crippen MR) is 79.3 cm³/mol. The van der Waals surface area contributed by atoms with Crippen LogP contribution in [0.2, 0.25) is 0 Å². The van der Waals surface area contributed by atoms with E-state index in [4.69, 9.17) is 9.26 Å². The number of morpholine rings is 1. The second-order valence-corrected chi connectivity index (χ2v) is 5.80. The van der Waals surface area contributed by atoms with Crippen molar-refractivity contribution in [1.29, 1.82) is 0 Å². The van der Waals surface area contributed by atoms with Crippen LogP contribution in [-0.4, -0.2) is 55.0 Å². The van der Waals surface area contributed by atoms with Crippen LogP contribution in [0.1, 0.15) is 19.6 Å². The number of hydrogen-bond donors (Lipinski definition) is 2. The van der Waals surface area contributed by atoms with E-state index < -0.39 is 0 Å². The summed E-state index contributed by atoms with van der Waals surface area (Å²) >= 11 is 0. The Morgan fingerprint density at radius 3 is 3.05 bits per heavy atom. The van der Waals surface area contributed by atoms with Crippen LogP contribution in [0.4, 0.5) is 10.6 Å².